The van der Waals surface area contributed by atoms with Crippen LogP contribution in [0.4, 0.5) is 15.8 Å². The van der Waals surface area contributed by atoms with Crippen molar-refractivity contribution in [3.8, 4) is 0 Å². The number of carbonyl (C=O) groups is 2. The van der Waals surface area contributed by atoms with Crippen LogP contribution in [0.25, 0.3) is 0 Å². The fourth-order valence-corrected chi connectivity index (χ4v) is 1.56. The standard InChI is InChI=1S/C11H15FN4O2/c1-6-2-9(8(13)3-7(6)12)16(4-10(14)17)5-11(15)18/h2-3H,4-5,13H2,1H3,(H2,14,17)(H2,15,18). The fourth-order valence-electron chi connectivity index (χ4n) is 1.56. The predicted molar refractivity (Wildman–Crippen MR) is 66.2 cm³/mol. The molecule has 7 heteroatoms. The molecule has 0 radical (unpaired) electrons. The third kappa shape index (κ3) is 3.34. The molecule has 0 saturated heterocycles. The summed E-state index contributed by atoms with van der Waals surface area (Å²) in [5, 5.41) is 0. The van der Waals surface area contributed by atoms with E-state index in [-0.39, 0.29) is 18.8 Å². The minimum atomic E-state index is -0.641. The quantitative estimate of drug-likeness (QED) is 0.614. The molecule has 0 saturated carbocycles. The Kier molecular flexibility index (Phi) is 4.09. The number of hydrogen-bond donors (Lipinski definition) is 3. The van der Waals surface area contributed by atoms with Crippen LogP contribution < -0.4 is 22.1 Å². The van der Waals surface area contributed by atoms with Gasteiger partial charge < -0.3 is 22.1 Å². The van der Waals surface area contributed by atoms with Crippen molar-refractivity contribution in [1.82, 2.24) is 0 Å². The summed E-state index contributed by atoms with van der Waals surface area (Å²) >= 11 is 0. The van der Waals surface area contributed by atoms with Crippen molar-refractivity contribution in [2.45, 2.75) is 6.92 Å². The van der Waals surface area contributed by atoms with Crippen LogP contribution in [-0.4, -0.2) is 24.9 Å². The Labute approximate surface area is 104 Å². The minimum Gasteiger partial charge on any atom is -0.397 e. The first-order chi connectivity index (χ1) is 8.31. The van der Waals surface area contributed by atoms with Gasteiger partial charge in [-0.1, -0.05) is 0 Å². The molecule has 0 unspecified atom stereocenters. The lowest BCUT2D eigenvalue weighted by molar-refractivity contribution is -0.117. The van der Waals surface area contributed by atoms with E-state index < -0.39 is 17.6 Å². The van der Waals surface area contributed by atoms with Crippen LogP contribution in [-0.2, 0) is 9.59 Å². The summed E-state index contributed by atoms with van der Waals surface area (Å²) in [6.07, 6.45) is 0. The molecule has 0 aliphatic rings. The number of nitrogen functional groups attached to an aromatic ring is 1. The predicted octanol–water partition coefficient (Wildman–Crippen LogP) is -0.507. The Morgan fingerprint density at radius 2 is 1.72 bits per heavy atom. The molecule has 0 spiro atoms. The Bertz CT molecular complexity index is 474. The molecule has 0 heterocycles. The smallest absolute Gasteiger partial charge is 0.236 e. The van der Waals surface area contributed by atoms with Crippen molar-refractivity contribution in [2.75, 3.05) is 23.7 Å². The van der Waals surface area contributed by atoms with E-state index in [1.54, 1.807) is 6.92 Å². The number of benzene rings is 1. The van der Waals surface area contributed by atoms with Crippen LogP contribution in [0, 0.1) is 12.7 Å². The van der Waals surface area contributed by atoms with Gasteiger partial charge in [0, 0.05) is 0 Å². The molecule has 2 amide bonds. The lowest BCUT2D eigenvalue weighted by Gasteiger charge is -2.23. The minimum absolute atomic E-state index is 0.112. The number of nitrogens with two attached hydrogens (primary N) is 3. The molecule has 0 bridgehead atoms. The first-order valence-electron chi connectivity index (χ1n) is 5.18. The third-order valence-corrected chi connectivity index (χ3v) is 2.34. The zero-order valence-electron chi connectivity index (χ0n) is 9.94. The van der Waals surface area contributed by atoms with Gasteiger partial charge in [-0.3, -0.25) is 9.59 Å². The molecule has 6 nitrogen and oxygen atoms in total. The summed E-state index contributed by atoms with van der Waals surface area (Å²) < 4.78 is 13.3. The summed E-state index contributed by atoms with van der Waals surface area (Å²) in [6.45, 7) is 1.10. The first-order valence-corrected chi connectivity index (χ1v) is 5.18. The highest BCUT2D eigenvalue weighted by atomic mass is 19.1. The van der Waals surface area contributed by atoms with Gasteiger partial charge >= 0.3 is 0 Å². The number of rotatable bonds is 5. The van der Waals surface area contributed by atoms with Gasteiger partial charge in [-0.05, 0) is 24.6 Å². The van der Waals surface area contributed by atoms with E-state index in [4.69, 9.17) is 17.2 Å². The van der Waals surface area contributed by atoms with E-state index in [1.807, 2.05) is 0 Å². The average Bonchev–Trinajstić information content (AvgIpc) is 2.21. The van der Waals surface area contributed by atoms with Crippen molar-refractivity contribution in [3.63, 3.8) is 0 Å². The lowest BCUT2D eigenvalue weighted by Crippen LogP contribution is -2.40. The molecule has 0 atom stereocenters. The molecular weight excluding hydrogens is 239 g/mol. The highest BCUT2D eigenvalue weighted by Gasteiger charge is 2.16. The topological polar surface area (TPSA) is 115 Å². The molecule has 0 aliphatic carbocycles. The Hall–Kier alpha value is -2.31. The van der Waals surface area contributed by atoms with Gasteiger partial charge in [0.1, 0.15) is 5.82 Å². The van der Waals surface area contributed by atoms with Crippen LogP contribution in [0.1, 0.15) is 5.56 Å². The summed E-state index contributed by atoms with van der Waals surface area (Å²) in [6, 6.07) is 2.57. The first kappa shape index (κ1) is 13.8. The van der Waals surface area contributed by atoms with E-state index in [0.29, 0.717) is 11.3 Å². The molecule has 0 aromatic heterocycles. The number of nitrogens with zero attached hydrogens (tertiary/aromatic N) is 1. The summed E-state index contributed by atoms with van der Waals surface area (Å²) in [5.74, 6) is -1.75. The second-order valence-corrected chi connectivity index (χ2v) is 3.95. The molecule has 18 heavy (non-hydrogen) atoms. The van der Waals surface area contributed by atoms with Crippen LogP contribution >= 0.6 is 0 Å². The number of aryl methyl sites for hydroxylation is 1. The van der Waals surface area contributed by atoms with E-state index >= 15 is 0 Å². The van der Waals surface area contributed by atoms with Gasteiger partial charge in [0.15, 0.2) is 0 Å². The van der Waals surface area contributed by atoms with Crippen LogP contribution in [0.15, 0.2) is 12.1 Å². The molecule has 0 fully saturated rings. The van der Waals surface area contributed by atoms with E-state index in [0.717, 1.165) is 6.07 Å². The van der Waals surface area contributed by atoms with Gasteiger partial charge in [0.25, 0.3) is 0 Å². The number of amides is 2. The SMILES string of the molecule is Cc1cc(N(CC(N)=O)CC(N)=O)c(N)cc1F. The number of primary amides is 2. The molecular formula is C11H15FN4O2. The van der Waals surface area contributed by atoms with Crippen molar-refractivity contribution >= 4 is 23.2 Å². The Balaban J connectivity index is 3.15. The second-order valence-electron chi connectivity index (χ2n) is 3.95. The largest absolute Gasteiger partial charge is 0.397 e. The van der Waals surface area contributed by atoms with E-state index in [2.05, 4.69) is 0 Å². The van der Waals surface area contributed by atoms with Crippen molar-refractivity contribution in [3.05, 3.63) is 23.5 Å². The van der Waals surface area contributed by atoms with Crippen molar-refractivity contribution in [2.24, 2.45) is 11.5 Å². The molecule has 1 rings (SSSR count). The summed E-state index contributed by atoms with van der Waals surface area (Å²) in [7, 11) is 0. The normalized spacial score (nSPS) is 10.1. The zero-order valence-corrected chi connectivity index (χ0v) is 9.94. The average molecular weight is 254 g/mol. The van der Waals surface area contributed by atoms with Gasteiger partial charge in [-0.25, -0.2) is 4.39 Å². The number of carbonyl (C=O) groups excluding carboxylic acids is 2. The molecule has 1 aromatic carbocycles. The number of halogens is 1. The second kappa shape index (κ2) is 5.35. The van der Waals surface area contributed by atoms with Gasteiger partial charge in [0.05, 0.1) is 24.5 Å². The van der Waals surface area contributed by atoms with Crippen LogP contribution in [0.2, 0.25) is 0 Å². The summed E-state index contributed by atoms with van der Waals surface area (Å²) in [4.78, 5) is 23.2. The van der Waals surface area contributed by atoms with Crippen LogP contribution in [0.3, 0.4) is 0 Å². The lowest BCUT2D eigenvalue weighted by atomic mass is 10.1. The maximum atomic E-state index is 13.3. The summed E-state index contributed by atoms with van der Waals surface area (Å²) in [5.41, 5.74) is 16.6. The van der Waals surface area contributed by atoms with E-state index in [9.17, 15) is 14.0 Å². The fraction of sp³-hybridized carbons (Fsp3) is 0.273. The monoisotopic (exact) mass is 254 g/mol. The van der Waals surface area contributed by atoms with Crippen molar-refractivity contribution < 1.29 is 14.0 Å². The van der Waals surface area contributed by atoms with Gasteiger partial charge in [-0.15, -0.1) is 0 Å². The highest BCUT2D eigenvalue weighted by Crippen LogP contribution is 2.26. The number of anilines is 2. The van der Waals surface area contributed by atoms with Gasteiger partial charge in [0.2, 0.25) is 11.8 Å². The zero-order chi connectivity index (χ0) is 13.9. The van der Waals surface area contributed by atoms with Crippen LogP contribution in [0.5, 0.6) is 0 Å². The van der Waals surface area contributed by atoms with Crippen molar-refractivity contribution in [1.29, 1.82) is 0 Å². The molecule has 0 aliphatic heterocycles. The number of hydrogen-bond acceptors (Lipinski definition) is 4. The Morgan fingerprint density at radius 3 is 2.17 bits per heavy atom. The third-order valence-electron chi connectivity index (χ3n) is 2.34. The Morgan fingerprint density at radius 1 is 1.22 bits per heavy atom. The maximum Gasteiger partial charge on any atom is 0.236 e. The van der Waals surface area contributed by atoms with E-state index in [1.165, 1.54) is 11.0 Å². The van der Waals surface area contributed by atoms with Gasteiger partial charge in [-0.2, -0.15) is 0 Å². The maximum absolute atomic E-state index is 13.3. The molecule has 98 valence electrons. The molecule has 6 N–H and O–H groups in total. The highest BCUT2D eigenvalue weighted by molar-refractivity contribution is 5.87. The molecule has 1 aromatic rings.